The van der Waals surface area contributed by atoms with Crippen LogP contribution in [0.3, 0.4) is 0 Å². The van der Waals surface area contributed by atoms with E-state index in [-0.39, 0.29) is 42.7 Å². The minimum Gasteiger partial charge on any atom is -0.383 e. The Labute approximate surface area is 174 Å². The van der Waals surface area contributed by atoms with Crippen molar-refractivity contribution in [2.24, 2.45) is 5.92 Å². The topological polar surface area (TPSA) is 73.9 Å². The number of ether oxygens (including phenoxy) is 1. The van der Waals surface area contributed by atoms with Crippen LogP contribution in [0.1, 0.15) is 32.1 Å². The van der Waals surface area contributed by atoms with Gasteiger partial charge < -0.3 is 20.3 Å². The summed E-state index contributed by atoms with van der Waals surface area (Å²) in [7, 11) is 1.62. The van der Waals surface area contributed by atoms with Crippen molar-refractivity contribution in [3.63, 3.8) is 0 Å². The molecule has 2 N–H and O–H groups in total. The van der Waals surface area contributed by atoms with Crippen molar-refractivity contribution in [2.75, 3.05) is 53.0 Å². The quantitative estimate of drug-likeness (QED) is 0.612. The van der Waals surface area contributed by atoms with Gasteiger partial charge in [-0.25, -0.2) is 0 Å². The molecule has 0 aromatic carbocycles. The zero-order valence-corrected chi connectivity index (χ0v) is 17.8. The molecule has 2 saturated heterocycles. The highest BCUT2D eigenvalue weighted by Gasteiger charge is 2.40. The Hall–Kier alpha value is -0.600. The van der Waals surface area contributed by atoms with Crippen molar-refractivity contribution in [3.8, 4) is 0 Å². The molecule has 2 amide bonds. The van der Waals surface area contributed by atoms with Gasteiger partial charge in [0, 0.05) is 45.9 Å². The van der Waals surface area contributed by atoms with Gasteiger partial charge in [0.15, 0.2) is 0 Å². The number of hydrogen-bond donors (Lipinski definition) is 2. The highest BCUT2D eigenvalue weighted by Crippen LogP contribution is 2.33. The van der Waals surface area contributed by atoms with Crippen LogP contribution in [0.2, 0.25) is 0 Å². The molecule has 3 rings (SSSR count). The van der Waals surface area contributed by atoms with Crippen LogP contribution >= 0.6 is 24.8 Å². The summed E-state index contributed by atoms with van der Waals surface area (Å²) in [6.45, 7) is 4.45. The lowest BCUT2D eigenvalue weighted by Crippen LogP contribution is -2.54. The predicted molar refractivity (Wildman–Crippen MR) is 110 cm³/mol. The molecule has 0 spiro atoms. The van der Waals surface area contributed by atoms with Gasteiger partial charge in [-0.2, -0.15) is 0 Å². The maximum Gasteiger partial charge on any atom is 0.239 e. The van der Waals surface area contributed by atoms with Crippen molar-refractivity contribution in [2.45, 2.75) is 44.2 Å². The summed E-state index contributed by atoms with van der Waals surface area (Å²) in [6.07, 6.45) is 6.11. The molecule has 3 atom stereocenters. The van der Waals surface area contributed by atoms with E-state index in [9.17, 15) is 9.59 Å². The first-order chi connectivity index (χ1) is 12.2. The molecule has 3 unspecified atom stereocenters. The van der Waals surface area contributed by atoms with E-state index in [1.54, 1.807) is 7.11 Å². The van der Waals surface area contributed by atoms with Crippen LogP contribution in [0.15, 0.2) is 0 Å². The molecule has 0 bridgehead atoms. The monoisotopic (exact) mass is 424 g/mol. The van der Waals surface area contributed by atoms with Gasteiger partial charge >= 0.3 is 0 Å². The summed E-state index contributed by atoms with van der Waals surface area (Å²) in [5.74, 6) is 0.983. The minimum absolute atomic E-state index is 0. The van der Waals surface area contributed by atoms with Gasteiger partial charge in [-0.05, 0) is 25.2 Å². The van der Waals surface area contributed by atoms with Gasteiger partial charge in [-0.15, -0.1) is 24.8 Å². The van der Waals surface area contributed by atoms with Gasteiger partial charge in [-0.1, -0.05) is 12.8 Å². The van der Waals surface area contributed by atoms with Gasteiger partial charge in [0.25, 0.3) is 0 Å². The van der Waals surface area contributed by atoms with Crippen LogP contribution in [-0.2, 0) is 14.3 Å². The number of nitrogens with zero attached hydrogens (tertiary/aromatic N) is 2. The van der Waals surface area contributed by atoms with E-state index < -0.39 is 0 Å². The van der Waals surface area contributed by atoms with E-state index >= 15 is 0 Å². The molecule has 27 heavy (non-hydrogen) atoms. The highest BCUT2D eigenvalue weighted by molar-refractivity contribution is 5.85. The van der Waals surface area contributed by atoms with E-state index in [4.69, 9.17) is 4.74 Å². The second-order valence-corrected chi connectivity index (χ2v) is 7.55. The largest absolute Gasteiger partial charge is 0.383 e. The average Bonchev–Trinajstić information content (AvgIpc) is 3.06. The first kappa shape index (κ1) is 24.4. The maximum absolute atomic E-state index is 12.8. The number of fused-ring (bicyclic) bond motifs is 1. The third kappa shape index (κ3) is 6.75. The van der Waals surface area contributed by atoms with Crippen molar-refractivity contribution in [3.05, 3.63) is 0 Å². The Bertz CT molecular complexity index is 462. The lowest BCUT2D eigenvalue weighted by molar-refractivity contribution is -0.135. The predicted octanol–water partition coefficient (Wildman–Crippen LogP) is 0.658. The van der Waals surface area contributed by atoms with E-state index in [0.29, 0.717) is 31.7 Å². The van der Waals surface area contributed by atoms with Gasteiger partial charge in [0.2, 0.25) is 11.8 Å². The van der Waals surface area contributed by atoms with E-state index in [2.05, 4.69) is 15.5 Å². The van der Waals surface area contributed by atoms with E-state index in [0.717, 1.165) is 32.6 Å². The normalized spacial score (nSPS) is 27.9. The van der Waals surface area contributed by atoms with Gasteiger partial charge in [-0.3, -0.25) is 14.5 Å². The number of halogens is 2. The minimum atomic E-state index is 0. The van der Waals surface area contributed by atoms with Crippen LogP contribution < -0.4 is 10.6 Å². The smallest absolute Gasteiger partial charge is 0.239 e. The fourth-order valence-electron chi connectivity index (χ4n) is 4.41. The van der Waals surface area contributed by atoms with Crippen LogP contribution in [0.5, 0.6) is 0 Å². The second kappa shape index (κ2) is 12.1. The summed E-state index contributed by atoms with van der Waals surface area (Å²) in [5, 5.41) is 6.42. The third-order valence-electron chi connectivity index (χ3n) is 5.84. The first-order valence-corrected chi connectivity index (χ1v) is 9.70. The molecule has 1 aliphatic carbocycles. The lowest BCUT2D eigenvalue weighted by Gasteiger charge is -2.35. The lowest BCUT2D eigenvalue weighted by atomic mass is 9.85. The van der Waals surface area contributed by atoms with E-state index in [1.165, 1.54) is 25.7 Å². The van der Waals surface area contributed by atoms with Gasteiger partial charge in [0.1, 0.15) is 0 Å². The summed E-state index contributed by atoms with van der Waals surface area (Å²) in [6, 6.07) is 0.566. The molecule has 2 aliphatic heterocycles. The number of methoxy groups -OCH3 is 1. The highest BCUT2D eigenvalue weighted by atomic mass is 35.5. The van der Waals surface area contributed by atoms with E-state index in [1.807, 2.05) is 4.90 Å². The zero-order chi connectivity index (χ0) is 17.6. The number of hydrogen-bond acceptors (Lipinski definition) is 5. The zero-order valence-electron chi connectivity index (χ0n) is 16.2. The number of carbonyl (C=O) groups is 2. The van der Waals surface area contributed by atoms with Crippen LogP contribution in [0, 0.1) is 5.92 Å². The molecular formula is C18H34Cl2N4O3. The third-order valence-corrected chi connectivity index (χ3v) is 5.84. The molecule has 3 fully saturated rings. The number of piperazine rings is 1. The number of carbonyl (C=O) groups excluding carboxylic acids is 2. The standard InChI is InChI=1S/C18H32N4O3.2ClH/c1-25-11-6-19-17(23)13-21-7-9-22(10-8-21)18(24)16-12-14-4-2-3-5-15(14)20-16;;/h14-16,20H,2-13H2,1H3,(H,19,23);2*1H. The molecule has 2 heterocycles. The fourth-order valence-corrected chi connectivity index (χ4v) is 4.41. The number of rotatable bonds is 6. The summed E-state index contributed by atoms with van der Waals surface area (Å²) >= 11 is 0. The molecule has 9 heteroatoms. The average molecular weight is 425 g/mol. The molecule has 158 valence electrons. The van der Waals surface area contributed by atoms with Crippen molar-refractivity contribution in [1.82, 2.24) is 20.4 Å². The molecule has 0 aromatic rings. The Morgan fingerprint density at radius 2 is 1.81 bits per heavy atom. The Kier molecular flexibility index (Phi) is 10.9. The molecule has 1 saturated carbocycles. The molecular weight excluding hydrogens is 391 g/mol. The number of nitrogens with one attached hydrogen (secondary N) is 2. The first-order valence-electron chi connectivity index (χ1n) is 9.70. The Morgan fingerprint density at radius 3 is 2.48 bits per heavy atom. The van der Waals surface area contributed by atoms with Crippen LogP contribution in [0.4, 0.5) is 0 Å². The van der Waals surface area contributed by atoms with Crippen molar-refractivity contribution >= 4 is 36.6 Å². The molecule has 3 aliphatic rings. The summed E-state index contributed by atoms with van der Waals surface area (Å²) < 4.78 is 4.93. The van der Waals surface area contributed by atoms with Crippen molar-refractivity contribution in [1.29, 1.82) is 0 Å². The number of amides is 2. The summed E-state index contributed by atoms with van der Waals surface area (Å²) in [4.78, 5) is 28.8. The SMILES string of the molecule is COCCNC(=O)CN1CCN(C(=O)C2CC3CCCCC3N2)CC1.Cl.Cl. The molecule has 7 nitrogen and oxygen atoms in total. The Morgan fingerprint density at radius 1 is 1.11 bits per heavy atom. The van der Waals surface area contributed by atoms with Crippen LogP contribution in [0.25, 0.3) is 0 Å². The molecule has 0 aromatic heterocycles. The van der Waals surface area contributed by atoms with Crippen LogP contribution in [-0.4, -0.2) is 86.7 Å². The Balaban J connectivity index is 0.00000182. The fraction of sp³-hybridized carbons (Fsp3) is 0.889. The van der Waals surface area contributed by atoms with Gasteiger partial charge in [0.05, 0.1) is 19.2 Å². The van der Waals surface area contributed by atoms with Crippen molar-refractivity contribution < 1.29 is 14.3 Å². The summed E-state index contributed by atoms with van der Waals surface area (Å²) in [5.41, 5.74) is 0. The second-order valence-electron chi connectivity index (χ2n) is 7.55. The molecule has 0 radical (unpaired) electrons. The maximum atomic E-state index is 12.8.